The van der Waals surface area contributed by atoms with Crippen LogP contribution in [0.3, 0.4) is 0 Å². The van der Waals surface area contributed by atoms with Crippen molar-refractivity contribution in [2.24, 2.45) is 0 Å². The van der Waals surface area contributed by atoms with Crippen LogP contribution in [0.25, 0.3) is 10.9 Å². The highest BCUT2D eigenvalue weighted by Gasteiger charge is 2.34. The summed E-state index contributed by atoms with van der Waals surface area (Å²) in [5, 5.41) is 1.15. The highest BCUT2D eigenvalue weighted by Crippen LogP contribution is 2.40. The number of nitrogens with zero attached hydrogens (tertiary/aromatic N) is 2. The van der Waals surface area contributed by atoms with E-state index in [0.717, 1.165) is 56.1 Å². The number of benzene rings is 1. The van der Waals surface area contributed by atoms with Gasteiger partial charge in [0, 0.05) is 29.7 Å². The number of carbonyl (C=O) groups is 1. The summed E-state index contributed by atoms with van der Waals surface area (Å²) in [7, 11) is 0. The molecule has 0 radical (unpaired) electrons. The molecular weight excluding hydrogens is 302 g/mol. The van der Waals surface area contributed by atoms with Gasteiger partial charge >= 0.3 is 0 Å². The number of carbonyl (C=O) groups excluding carboxylic acids is 1. The molecule has 1 fully saturated rings. The van der Waals surface area contributed by atoms with Crippen molar-refractivity contribution in [3.05, 3.63) is 35.5 Å². The first kappa shape index (κ1) is 15.7. The highest BCUT2D eigenvalue weighted by molar-refractivity contribution is 5.94. The van der Waals surface area contributed by atoms with Gasteiger partial charge in [-0.3, -0.25) is 4.79 Å². The van der Waals surface area contributed by atoms with Crippen LogP contribution in [0.1, 0.15) is 49.3 Å². The molecule has 0 saturated carbocycles. The Morgan fingerprint density at radius 3 is 2.71 bits per heavy atom. The van der Waals surface area contributed by atoms with Gasteiger partial charge in [-0.1, -0.05) is 18.2 Å². The van der Waals surface area contributed by atoms with E-state index in [9.17, 15) is 9.18 Å². The van der Waals surface area contributed by atoms with Crippen molar-refractivity contribution in [3.63, 3.8) is 0 Å². The van der Waals surface area contributed by atoms with Gasteiger partial charge in [0.1, 0.15) is 6.67 Å². The normalized spacial score (nSPS) is 21.0. The van der Waals surface area contributed by atoms with Crippen LogP contribution in [-0.4, -0.2) is 35.1 Å². The summed E-state index contributed by atoms with van der Waals surface area (Å²) in [4.78, 5) is 15.2. The molecule has 1 atom stereocenters. The first-order chi connectivity index (χ1) is 11.8. The fourth-order valence-electron chi connectivity index (χ4n) is 4.58. The number of halogens is 1. The number of amides is 1. The minimum atomic E-state index is -0.365. The number of piperidine rings is 1. The molecule has 0 bridgehead atoms. The Labute approximate surface area is 142 Å². The molecule has 24 heavy (non-hydrogen) atoms. The average molecular weight is 327 g/mol. The monoisotopic (exact) mass is 327 g/mol. The first-order valence-corrected chi connectivity index (χ1v) is 9.26. The van der Waals surface area contributed by atoms with Gasteiger partial charge in [0.15, 0.2) is 0 Å². The standard InChI is InChI=1S/C20H25FN2O/c21-11-14-23-17-9-3-2-7-15(17)19-16(8-6-10-18(19)23)20(24)22-12-4-1-5-13-22/h2-3,7,9,16H,1,4-6,8,10-14H2/i21-1. The topological polar surface area (TPSA) is 25.2 Å². The molecule has 1 unspecified atom stereocenters. The molecule has 3 nitrogen and oxygen atoms in total. The molecule has 1 aliphatic heterocycles. The number of fused-ring (bicyclic) bond motifs is 3. The predicted octanol–water partition coefficient (Wildman–Crippen LogP) is 4.04. The third-order valence-corrected chi connectivity index (χ3v) is 5.65. The van der Waals surface area contributed by atoms with Gasteiger partial charge in [0.05, 0.1) is 12.5 Å². The maximum atomic E-state index is 13.2. The van der Waals surface area contributed by atoms with Gasteiger partial charge in [0.25, 0.3) is 0 Å². The molecule has 0 spiro atoms. The van der Waals surface area contributed by atoms with Crippen molar-refractivity contribution in [3.8, 4) is 0 Å². The molecule has 0 N–H and O–H groups in total. The Balaban J connectivity index is 1.79. The van der Waals surface area contributed by atoms with E-state index in [-0.39, 0.29) is 12.6 Å². The molecule has 1 aromatic heterocycles. The second-order valence-electron chi connectivity index (χ2n) is 7.05. The third kappa shape index (κ3) is 2.52. The van der Waals surface area contributed by atoms with E-state index in [1.807, 2.05) is 12.1 Å². The minimum absolute atomic E-state index is 0.0439. The Kier molecular flexibility index (Phi) is 4.30. The summed E-state index contributed by atoms with van der Waals surface area (Å²) < 4.78 is 15.2. The second kappa shape index (κ2) is 6.58. The minimum Gasteiger partial charge on any atom is -0.342 e. The number of rotatable bonds is 3. The number of aromatic nitrogens is 1. The van der Waals surface area contributed by atoms with Gasteiger partial charge in [-0.25, -0.2) is 4.39 Å². The molecule has 2 aliphatic rings. The Morgan fingerprint density at radius 2 is 1.92 bits per heavy atom. The fraction of sp³-hybridized carbons (Fsp3) is 0.550. The zero-order valence-corrected chi connectivity index (χ0v) is 14.1. The molecule has 128 valence electrons. The maximum absolute atomic E-state index is 13.2. The zero-order chi connectivity index (χ0) is 16.5. The summed E-state index contributed by atoms with van der Waals surface area (Å²) in [6.07, 6.45) is 6.36. The average Bonchev–Trinajstić information content (AvgIpc) is 2.97. The van der Waals surface area contributed by atoms with Crippen molar-refractivity contribution >= 4 is 16.8 Å². The molecule has 2 aromatic rings. The number of likely N-dealkylation sites (tertiary alicyclic amines) is 1. The molecule has 1 saturated heterocycles. The van der Waals surface area contributed by atoms with Gasteiger partial charge in [-0.05, 0) is 50.2 Å². The van der Waals surface area contributed by atoms with Crippen molar-refractivity contribution in [2.75, 3.05) is 19.8 Å². The fourth-order valence-corrected chi connectivity index (χ4v) is 4.58. The van der Waals surface area contributed by atoms with Crippen molar-refractivity contribution in [1.82, 2.24) is 9.47 Å². The SMILES string of the molecule is O=C(C1CCCc2c1c1ccccc1n2CC[18F])N1CCCCC1. The van der Waals surface area contributed by atoms with Gasteiger partial charge < -0.3 is 9.47 Å². The van der Waals surface area contributed by atoms with Crippen LogP contribution >= 0.6 is 0 Å². The number of hydrogen-bond donors (Lipinski definition) is 0. The van der Waals surface area contributed by atoms with Crippen LogP contribution in [0, 0.1) is 0 Å². The molecule has 4 rings (SSSR count). The first-order valence-electron chi connectivity index (χ1n) is 9.26. The Hall–Kier alpha value is -1.84. The van der Waals surface area contributed by atoms with E-state index in [1.165, 1.54) is 17.7 Å². The molecule has 1 amide bonds. The lowest BCUT2D eigenvalue weighted by molar-refractivity contribution is -0.134. The van der Waals surface area contributed by atoms with Crippen LogP contribution in [0.15, 0.2) is 24.3 Å². The lowest BCUT2D eigenvalue weighted by Gasteiger charge is -2.32. The number of para-hydroxylation sites is 1. The van der Waals surface area contributed by atoms with Crippen LogP contribution in [-0.2, 0) is 17.8 Å². The van der Waals surface area contributed by atoms with E-state index in [0.29, 0.717) is 12.5 Å². The third-order valence-electron chi connectivity index (χ3n) is 5.65. The number of hydrogen-bond acceptors (Lipinski definition) is 1. The smallest absolute Gasteiger partial charge is 0.230 e. The van der Waals surface area contributed by atoms with Crippen LogP contribution in [0.2, 0.25) is 0 Å². The lowest BCUT2D eigenvalue weighted by atomic mass is 9.83. The van der Waals surface area contributed by atoms with Crippen molar-refractivity contribution in [2.45, 2.75) is 51.0 Å². The summed E-state index contributed by atoms with van der Waals surface area (Å²) in [5.41, 5.74) is 3.45. The van der Waals surface area contributed by atoms with Crippen molar-refractivity contribution in [1.29, 1.82) is 0 Å². The molecule has 4 heteroatoms. The maximum Gasteiger partial charge on any atom is 0.230 e. The van der Waals surface area contributed by atoms with Gasteiger partial charge in [-0.15, -0.1) is 0 Å². The zero-order valence-electron chi connectivity index (χ0n) is 14.1. The number of alkyl halides is 1. The summed E-state index contributed by atoms with van der Waals surface area (Å²) >= 11 is 0. The Bertz CT molecular complexity index is 745. The van der Waals surface area contributed by atoms with E-state index < -0.39 is 0 Å². The van der Waals surface area contributed by atoms with Crippen LogP contribution in [0.5, 0.6) is 0 Å². The van der Waals surface area contributed by atoms with Gasteiger partial charge in [-0.2, -0.15) is 0 Å². The molecule has 1 aliphatic carbocycles. The van der Waals surface area contributed by atoms with E-state index in [4.69, 9.17) is 0 Å². The predicted molar refractivity (Wildman–Crippen MR) is 94.0 cm³/mol. The highest BCUT2D eigenvalue weighted by atomic mass is 18.2. The second-order valence-corrected chi connectivity index (χ2v) is 7.05. The van der Waals surface area contributed by atoms with E-state index >= 15 is 0 Å². The van der Waals surface area contributed by atoms with Gasteiger partial charge in [0.2, 0.25) is 5.91 Å². The molecular formula is C20H25FN2O. The summed E-state index contributed by atoms with van der Waals surface area (Å²) in [6, 6.07) is 8.19. The van der Waals surface area contributed by atoms with E-state index in [1.54, 1.807) is 0 Å². The quantitative estimate of drug-likeness (QED) is 0.835. The summed E-state index contributed by atoms with van der Waals surface area (Å²) in [5.74, 6) is 0.247. The molecule has 2 heterocycles. The number of aryl methyl sites for hydroxylation is 1. The Morgan fingerprint density at radius 1 is 1.12 bits per heavy atom. The van der Waals surface area contributed by atoms with Crippen LogP contribution < -0.4 is 0 Å². The van der Waals surface area contributed by atoms with Crippen molar-refractivity contribution < 1.29 is 9.18 Å². The van der Waals surface area contributed by atoms with Crippen LogP contribution in [0.4, 0.5) is 4.39 Å². The van der Waals surface area contributed by atoms with E-state index in [2.05, 4.69) is 21.6 Å². The lowest BCUT2D eigenvalue weighted by Crippen LogP contribution is -2.39. The largest absolute Gasteiger partial charge is 0.342 e. The molecule has 1 aromatic carbocycles. The summed E-state index contributed by atoms with van der Waals surface area (Å²) in [6.45, 7) is 1.82.